The molecular formula is C12H14Cl6. The molecule has 0 radical (unpaired) electrons. The van der Waals surface area contributed by atoms with Gasteiger partial charge in [-0.25, -0.2) is 0 Å². The van der Waals surface area contributed by atoms with Crippen LogP contribution in [0.1, 0.15) is 27.7 Å². The summed E-state index contributed by atoms with van der Waals surface area (Å²) in [6, 6.07) is 0. The van der Waals surface area contributed by atoms with E-state index in [1.807, 2.05) is 27.7 Å². The van der Waals surface area contributed by atoms with Crippen molar-refractivity contribution >= 4 is 69.6 Å². The van der Waals surface area contributed by atoms with E-state index < -0.39 is 9.75 Å². The molecule has 1 aliphatic rings. The Labute approximate surface area is 138 Å². The summed E-state index contributed by atoms with van der Waals surface area (Å²) in [5.41, 5.74) is 0. The number of hydrogen-bond acceptors (Lipinski definition) is 0. The van der Waals surface area contributed by atoms with Crippen molar-refractivity contribution in [2.45, 2.75) is 37.4 Å². The second kappa shape index (κ2) is 5.54. The Balaban J connectivity index is 3.69. The maximum absolute atomic E-state index is 6.73. The van der Waals surface area contributed by atoms with E-state index in [1.165, 1.54) is 0 Å². The highest BCUT2D eigenvalue weighted by Gasteiger charge is 2.60. The molecule has 0 aromatic carbocycles. The van der Waals surface area contributed by atoms with Gasteiger partial charge < -0.3 is 0 Å². The number of halogens is 6. The fraction of sp³-hybridized carbons (Fsp3) is 0.667. The second-order valence-corrected chi connectivity index (χ2v) is 7.69. The number of alkyl halides is 2. The molecule has 0 heterocycles. The summed E-state index contributed by atoms with van der Waals surface area (Å²) in [6.07, 6.45) is 0. The van der Waals surface area contributed by atoms with Crippen molar-refractivity contribution in [3.8, 4) is 0 Å². The standard InChI is InChI=1S/C12H14Cl6/c1-5(2)11(17)9(15)7(13)8(14)10(16)12(11,18)6(3)4/h5-6H,1-4H3. The average molecular weight is 371 g/mol. The predicted octanol–water partition coefficient (Wildman–Crippen LogP) is 6.65. The minimum atomic E-state index is -1.09. The van der Waals surface area contributed by atoms with Crippen molar-refractivity contribution in [2.75, 3.05) is 0 Å². The number of allylic oxidation sites excluding steroid dienone is 4. The Hall–Kier alpha value is 1.22. The molecule has 0 bridgehead atoms. The van der Waals surface area contributed by atoms with Crippen LogP contribution < -0.4 is 0 Å². The van der Waals surface area contributed by atoms with Crippen LogP contribution in [-0.2, 0) is 0 Å². The Morgan fingerprint density at radius 1 is 0.667 bits per heavy atom. The molecule has 1 aliphatic carbocycles. The molecule has 18 heavy (non-hydrogen) atoms. The van der Waals surface area contributed by atoms with E-state index in [2.05, 4.69) is 0 Å². The van der Waals surface area contributed by atoms with Crippen molar-refractivity contribution in [1.82, 2.24) is 0 Å². The van der Waals surface area contributed by atoms with Gasteiger partial charge in [0.2, 0.25) is 0 Å². The van der Waals surface area contributed by atoms with Gasteiger partial charge in [0.15, 0.2) is 0 Å². The minimum absolute atomic E-state index is 0.0705. The molecule has 0 nitrogen and oxygen atoms in total. The van der Waals surface area contributed by atoms with Gasteiger partial charge >= 0.3 is 0 Å². The zero-order chi connectivity index (χ0) is 14.5. The highest BCUT2D eigenvalue weighted by atomic mass is 35.5. The molecule has 0 saturated carbocycles. The highest BCUT2D eigenvalue weighted by molar-refractivity contribution is 6.57. The van der Waals surface area contributed by atoms with Crippen molar-refractivity contribution in [2.24, 2.45) is 11.8 Å². The van der Waals surface area contributed by atoms with Gasteiger partial charge in [0, 0.05) is 0 Å². The van der Waals surface area contributed by atoms with Crippen LogP contribution in [0.2, 0.25) is 0 Å². The lowest BCUT2D eigenvalue weighted by Crippen LogP contribution is -2.55. The summed E-state index contributed by atoms with van der Waals surface area (Å²) >= 11 is 38.3. The first-order valence-electron chi connectivity index (χ1n) is 5.52. The summed E-state index contributed by atoms with van der Waals surface area (Å²) in [4.78, 5) is -2.17. The maximum atomic E-state index is 6.73. The molecule has 2 unspecified atom stereocenters. The largest absolute Gasteiger partial charge is 0.110 e. The Kier molecular flexibility index (Phi) is 5.32. The normalized spacial score (nSPS) is 34.0. The van der Waals surface area contributed by atoms with Gasteiger partial charge in [0.25, 0.3) is 0 Å². The monoisotopic (exact) mass is 368 g/mol. The van der Waals surface area contributed by atoms with Gasteiger partial charge in [0.05, 0.1) is 20.1 Å². The second-order valence-electron chi connectivity index (χ2n) is 4.99. The van der Waals surface area contributed by atoms with E-state index in [9.17, 15) is 0 Å². The van der Waals surface area contributed by atoms with Crippen LogP contribution in [0.15, 0.2) is 20.1 Å². The molecule has 0 saturated heterocycles. The van der Waals surface area contributed by atoms with Gasteiger partial charge in [-0.2, -0.15) is 0 Å². The maximum Gasteiger partial charge on any atom is 0.108 e. The lowest BCUT2D eigenvalue weighted by Gasteiger charge is -2.50. The molecule has 0 spiro atoms. The molecule has 0 aromatic heterocycles. The van der Waals surface area contributed by atoms with E-state index in [-0.39, 0.29) is 32.0 Å². The molecule has 0 N–H and O–H groups in total. The molecule has 2 atom stereocenters. The molecule has 0 aliphatic heterocycles. The van der Waals surface area contributed by atoms with Crippen LogP contribution in [0, 0.1) is 11.8 Å². The summed E-state index contributed by atoms with van der Waals surface area (Å²) < 4.78 is 0. The van der Waals surface area contributed by atoms with Crippen LogP contribution in [0.5, 0.6) is 0 Å². The Morgan fingerprint density at radius 3 is 1.06 bits per heavy atom. The topological polar surface area (TPSA) is 0 Å². The zero-order valence-corrected chi connectivity index (χ0v) is 15.0. The van der Waals surface area contributed by atoms with Crippen LogP contribution in [0.25, 0.3) is 0 Å². The van der Waals surface area contributed by atoms with Crippen LogP contribution in [-0.4, -0.2) is 9.75 Å². The van der Waals surface area contributed by atoms with Crippen molar-refractivity contribution in [1.29, 1.82) is 0 Å². The lowest BCUT2D eigenvalue weighted by molar-refractivity contribution is 0.336. The van der Waals surface area contributed by atoms with Gasteiger partial charge in [0.1, 0.15) is 9.75 Å². The Morgan fingerprint density at radius 2 is 0.889 bits per heavy atom. The molecule has 0 amide bonds. The van der Waals surface area contributed by atoms with E-state index in [1.54, 1.807) is 0 Å². The Bertz CT molecular complexity index is 382. The summed E-state index contributed by atoms with van der Waals surface area (Å²) in [5.74, 6) is -0.141. The first kappa shape index (κ1) is 17.3. The fourth-order valence-electron chi connectivity index (χ4n) is 2.18. The SMILES string of the molecule is CC(C)C1(Cl)C(Cl)=C(Cl)C(Cl)=C(Cl)C1(Cl)C(C)C. The van der Waals surface area contributed by atoms with Crippen LogP contribution in [0.4, 0.5) is 0 Å². The van der Waals surface area contributed by atoms with Crippen molar-refractivity contribution in [3.05, 3.63) is 20.1 Å². The smallest absolute Gasteiger partial charge is 0.108 e. The van der Waals surface area contributed by atoms with E-state index in [0.29, 0.717) is 0 Å². The third-order valence-corrected chi connectivity index (χ3v) is 7.50. The van der Waals surface area contributed by atoms with Crippen LogP contribution >= 0.6 is 69.6 Å². The molecule has 104 valence electrons. The number of hydrogen-bond donors (Lipinski definition) is 0. The minimum Gasteiger partial charge on any atom is -0.110 e. The van der Waals surface area contributed by atoms with Crippen molar-refractivity contribution < 1.29 is 0 Å². The van der Waals surface area contributed by atoms with Gasteiger partial charge in [-0.15, -0.1) is 23.2 Å². The highest BCUT2D eigenvalue weighted by Crippen LogP contribution is 2.61. The third kappa shape index (κ3) is 2.12. The van der Waals surface area contributed by atoms with Gasteiger partial charge in [-0.05, 0) is 11.8 Å². The first-order chi connectivity index (χ1) is 8.02. The predicted molar refractivity (Wildman–Crippen MR) is 84.3 cm³/mol. The van der Waals surface area contributed by atoms with E-state index >= 15 is 0 Å². The average Bonchev–Trinajstić information content (AvgIpc) is 2.30. The molecule has 6 heteroatoms. The molecule has 0 fully saturated rings. The van der Waals surface area contributed by atoms with Gasteiger partial charge in [-0.3, -0.25) is 0 Å². The lowest BCUT2D eigenvalue weighted by atomic mass is 9.72. The molecule has 0 aromatic rings. The molecule has 1 rings (SSSR count). The summed E-state index contributed by atoms with van der Waals surface area (Å²) in [5, 5.41) is 0.839. The van der Waals surface area contributed by atoms with Gasteiger partial charge in [-0.1, -0.05) is 74.1 Å². The van der Waals surface area contributed by atoms with Crippen molar-refractivity contribution in [3.63, 3.8) is 0 Å². The summed E-state index contributed by atoms with van der Waals surface area (Å²) in [6.45, 7) is 7.68. The van der Waals surface area contributed by atoms with Crippen LogP contribution in [0.3, 0.4) is 0 Å². The van der Waals surface area contributed by atoms with E-state index in [0.717, 1.165) is 0 Å². The molecular weight excluding hydrogens is 357 g/mol. The summed E-state index contributed by atoms with van der Waals surface area (Å²) in [7, 11) is 0. The quantitative estimate of drug-likeness (QED) is 0.477. The zero-order valence-electron chi connectivity index (χ0n) is 10.4. The number of rotatable bonds is 2. The first-order valence-corrected chi connectivity index (χ1v) is 7.79. The van der Waals surface area contributed by atoms with E-state index in [4.69, 9.17) is 69.6 Å². The fourth-order valence-corrected chi connectivity index (χ4v) is 4.69. The third-order valence-electron chi connectivity index (χ3n) is 3.34.